The number of aromatic nitrogens is 2. The topological polar surface area (TPSA) is 55.0 Å². The summed E-state index contributed by atoms with van der Waals surface area (Å²) in [7, 11) is 0. The largest absolute Gasteiger partial charge is 0.374 e. The van der Waals surface area contributed by atoms with E-state index in [0.717, 1.165) is 24.1 Å². The molecule has 1 saturated heterocycles. The molecule has 1 aromatic rings. The number of hydrogen-bond acceptors (Lipinski definition) is 5. The molecule has 0 radical (unpaired) electrons. The highest BCUT2D eigenvalue weighted by molar-refractivity contribution is 7.18. The third-order valence-electron chi connectivity index (χ3n) is 2.36. The fourth-order valence-corrected chi connectivity index (χ4v) is 2.36. The van der Waals surface area contributed by atoms with Crippen LogP contribution in [0.3, 0.4) is 0 Å². The number of nitrogen functional groups attached to an aromatic ring is 1. The monoisotopic (exact) mass is 198 g/mol. The Bertz CT molecular complexity index is 285. The molecule has 1 fully saturated rings. The Hall–Kier alpha value is -0.840. The maximum absolute atomic E-state index is 5.54. The molecule has 0 aromatic carbocycles. The zero-order chi connectivity index (χ0) is 9.26. The average Bonchev–Trinajstić information content (AvgIpc) is 2.52. The van der Waals surface area contributed by atoms with Crippen molar-refractivity contribution in [3.8, 4) is 0 Å². The van der Waals surface area contributed by atoms with Gasteiger partial charge in [-0.2, -0.15) is 0 Å². The number of anilines is 2. The molecule has 1 aromatic heterocycles. The third-order valence-corrected chi connectivity index (χ3v) is 3.17. The zero-order valence-electron chi connectivity index (χ0n) is 7.73. The van der Waals surface area contributed by atoms with Crippen molar-refractivity contribution >= 4 is 21.6 Å². The highest BCUT2D eigenvalue weighted by atomic mass is 32.1. The maximum Gasteiger partial charge on any atom is 0.209 e. The van der Waals surface area contributed by atoms with E-state index in [0.29, 0.717) is 5.13 Å². The van der Waals surface area contributed by atoms with E-state index in [9.17, 15) is 0 Å². The van der Waals surface area contributed by atoms with Crippen LogP contribution >= 0.6 is 11.3 Å². The van der Waals surface area contributed by atoms with Crippen molar-refractivity contribution in [2.45, 2.75) is 19.8 Å². The summed E-state index contributed by atoms with van der Waals surface area (Å²) in [5.41, 5.74) is 5.54. The molecule has 1 atom stereocenters. The standard InChI is InChI=1S/C8H14N4S/c1-6-3-2-4-12(5-6)8-11-10-7(9)13-8/h6H,2-5H2,1H3,(H2,9,10). The fraction of sp³-hybridized carbons (Fsp3) is 0.750. The molecule has 0 bridgehead atoms. The van der Waals surface area contributed by atoms with Crippen molar-refractivity contribution in [3.63, 3.8) is 0 Å². The van der Waals surface area contributed by atoms with Crippen LogP contribution in [0.4, 0.5) is 10.3 Å². The zero-order valence-corrected chi connectivity index (χ0v) is 8.55. The van der Waals surface area contributed by atoms with Crippen molar-refractivity contribution in [1.29, 1.82) is 0 Å². The van der Waals surface area contributed by atoms with Gasteiger partial charge in [-0.3, -0.25) is 0 Å². The Labute approximate surface area is 81.8 Å². The summed E-state index contributed by atoms with van der Waals surface area (Å²) in [6.07, 6.45) is 2.57. The van der Waals surface area contributed by atoms with Crippen LogP contribution in [0.15, 0.2) is 0 Å². The Morgan fingerprint density at radius 3 is 3.00 bits per heavy atom. The second-order valence-electron chi connectivity index (χ2n) is 3.62. The van der Waals surface area contributed by atoms with Crippen LogP contribution in [0.2, 0.25) is 0 Å². The van der Waals surface area contributed by atoms with Crippen molar-refractivity contribution in [2.24, 2.45) is 5.92 Å². The number of nitrogens with zero attached hydrogens (tertiary/aromatic N) is 3. The Balaban J connectivity index is 2.08. The molecule has 2 rings (SSSR count). The SMILES string of the molecule is CC1CCCN(c2nnc(N)s2)C1. The maximum atomic E-state index is 5.54. The molecule has 72 valence electrons. The molecule has 2 N–H and O–H groups in total. The predicted molar refractivity (Wildman–Crippen MR) is 54.9 cm³/mol. The normalized spacial score (nSPS) is 23.5. The lowest BCUT2D eigenvalue weighted by Gasteiger charge is -2.29. The van der Waals surface area contributed by atoms with Gasteiger partial charge in [0.25, 0.3) is 0 Å². The lowest BCUT2D eigenvalue weighted by Crippen LogP contribution is -2.34. The first-order valence-corrected chi connectivity index (χ1v) is 5.41. The van der Waals surface area contributed by atoms with E-state index >= 15 is 0 Å². The minimum absolute atomic E-state index is 0.563. The van der Waals surface area contributed by atoms with Crippen LogP contribution in [0.25, 0.3) is 0 Å². The summed E-state index contributed by atoms with van der Waals surface area (Å²) >= 11 is 1.48. The summed E-state index contributed by atoms with van der Waals surface area (Å²) in [5.74, 6) is 0.763. The first-order chi connectivity index (χ1) is 6.25. The molecule has 4 nitrogen and oxygen atoms in total. The Morgan fingerprint density at radius 2 is 2.38 bits per heavy atom. The molecular formula is C8H14N4S. The van der Waals surface area contributed by atoms with Gasteiger partial charge in [-0.1, -0.05) is 18.3 Å². The highest BCUT2D eigenvalue weighted by Crippen LogP contribution is 2.26. The van der Waals surface area contributed by atoms with Crippen molar-refractivity contribution < 1.29 is 0 Å². The quantitative estimate of drug-likeness (QED) is 0.740. The molecule has 0 spiro atoms. The number of piperidine rings is 1. The summed E-state index contributed by atoms with van der Waals surface area (Å²) < 4.78 is 0. The van der Waals surface area contributed by atoms with Gasteiger partial charge in [0.1, 0.15) is 0 Å². The van der Waals surface area contributed by atoms with Gasteiger partial charge >= 0.3 is 0 Å². The minimum Gasteiger partial charge on any atom is -0.374 e. The second-order valence-corrected chi connectivity index (χ2v) is 4.60. The fourth-order valence-electron chi connectivity index (χ4n) is 1.72. The van der Waals surface area contributed by atoms with Crippen LogP contribution < -0.4 is 10.6 Å². The van der Waals surface area contributed by atoms with E-state index in [1.807, 2.05) is 0 Å². The van der Waals surface area contributed by atoms with Crippen LogP contribution in [-0.4, -0.2) is 23.3 Å². The van der Waals surface area contributed by atoms with Gasteiger partial charge in [0.2, 0.25) is 10.3 Å². The first-order valence-electron chi connectivity index (χ1n) is 4.59. The van der Waals surface area contributed by atoms with Crippen LogP contribution in [0, 0.1) is 5.92 Å². The molecule has 5 heteroatoms. The Kier molecular flexibility index (Phi) is 2.35. The molecular weight excluding hydrogens is 184 g/mol. The minimum atomic E-state index is 0.563. The molecule has 13 heavy (non-hydrogen) atoms. The predicted octanol–water partition coefficient (Wildman–Crippen LogP) is 1.36. The van der Waals surface area contributed by atoms with Gasteiger partial charge in [-0.15, -0.1) is 10.2 Å². The molecule has 0 saturated carbocycles. The Morgan fingerprint density at radius 1 is 1.54 bits per heavy atom. The van der Waals surface area contributed by atoms with Gasteiger partial charge in [0.05, 0.1) is 0 Å². The molecule has 1 aliphatic heterocycles. The number of nitrogens with two attached hydrogens (primary N) is 1. The van der Waals surface area contributed by atoms with Crippen molar-refractivity contribution in [3.05, 3.63) is 0 Å². The summed E-state index contributed by atoms with van der Waals surface area (Å²) in [6.45, 7) is 4.46. The summed E-state index contributed by atoms with van der Waals surface area (Å²) in [6, 6.07) is 0. The van der Waals surface area contributed by atoms with E-state index in [4.69, 9.17) is 5.73 Å². The van der Waals surface area contributed by atoms with Crippen LogP contribution in [-0.2, 0) is 0 Å². The van der Waals surface area contributed by atoms with E-state index in [1.165, 1.54) is 24.2 Å². The lowest BCUT2D eigenvalue weighted by atomic mass is 10.0. The molecule has 2 heterocycles. The van der Waals surface area contributed by atoms with Crippen LogP contribution in [0.5, 0.6) is 0 Å². The summed E-state index contributed by atoms with van der Waals surface area (Å²) in [5, 5.41) is 9.40. The van der Waals surface area contributed by atoms with E-state index in [1.54, 1.807) is 0 Å². The summed E-state index contributed by atoms with van der Waals surface area (Å²) in [4.78, 5) is 2.28. The molecule has 0 aliphatic carbocycles. The molecule has 0 amide bonds. The van der Waals surface area contributed by atoms with Crippen LogP contribution in [0.1, 0.15) is 19.8 Å². The van der Waals surface area contributed by atoms with Gasteiger partial charge < -0.3 is 10.6 Å². The van der Waals surface area contributed by atoms with E-state index < -0.39 is 0 Å². The number of hydrogen-bond donors (Lipinski definition) is 1. The molecule has 1 aliphatic rings. The van der Waals surface area contributed by atoms with Gasteiger partial charge in [-0.25, -0.2) is 0 Å². The van der Waals surface area contributed by atoms with Crippen molar-refractivity contribution in [2.75, 3.05) is 23.7 Å². The smallest absolute Gasteiger partial charge is 0.209 e. The van der Waals surface area contributed by atoms with Crippen molar-refractivity contribution in [1.82, 2.24) is 10.2 Å². The number of rotatable bonds is 1. The van der Waals surface area contributed by atoms with Gasteiger partial charge in [0, 0.05) is 13.1 Å². The van der Waals surface area contributed by atoms with Gasteiger partial charge in [0.15, 0.2) is 0 Å². The lowest BCUT2D eigenvalue weighted by molar-refractivity contribution is 0.446. The van der Waals surface area contributed by atoms with Gasteiger partial charge in [-0.05, 0) is 18.8 Å². The van der Waals surface area contributed by atoms with E-state index in [2.05, 4.69) is 22.0 Å². The highest BCUT2D eigenvalue weighted by Gasteiger charge is 2.19. The first kappa shape index (κ1) is 8.74. The second kappa shape index (κ2) is 3.49. The van der Waals surface area contributed by atoms with E-state index in [-0.39, 0.29) is 0 Å². The third kappa shape index (κ3) is 1.91. The average molecular weight is 198 g/mol. The molecule has 1 unspecified atom stereocenters.